The van der Waals surface area contributed by atoms with E-state index < -0.39 is 0 Å². The Bertz CT molecular complexity index is 557. The van der Waals surface area contributed by atoms with E-state index in [2.05, 4.69) is 52.3 Å². The van der Waals surface area contributed by atoms with Crippen LogP contribution in [0.25, 0.3) is 5.70 Å². The van der Waals surface area contributed by atoms with Crippen LogP contribution >= 0.6 is 0 Å². The summed E-state index contributed by atoms with van der Waals surface area (Å²) in [6.45, 7) is 8.37. The lowest BCUT2D eigenvalue weighted by Gasteiger charge is -2.25. The summed E-state index contributed by atoms with van der Waals surface area (Å²) in [5.74, 6) is 1.04. The second kappa shape index (κ2) is 7.11. The van der Waals surface area contributed by atoms with Crippen molar-refractivity contribution in [2.75, 3.05) is 39.8 Å². The average molecular weight is 301 g/mol. The molecule has 1 saturated heterocycles. The van der Waals surface area contributed by atoms with Crippen LogP contribution in [0.4, 0.5) is 0 Å². The number of hydrogen-bond acceptors (Lipinski definition) is 4. The molecule has 5 heteroatoms. The number of nitrogens with one attached hydrogen (secondary N) is 2. The maximum Gasteiger partial charge on any atom is 0.121 e. The van der Waals surface area contributed by atoms with E-state index in [1.54, 1.807) is 0 Å². The van der Waals surface area contributed by atoms with Crippen molar-refractivity contribution in [2.45, 2.75) is 26.3 Å². The SMILES string of the molecule is CCNCc1nc2c([nH]1)CC=CC=C2N1CCCN(C)CC1. The average Bonchev–Trinajstić information content (AvgIpc) is 2.66. The topological polar surface area (TPSA) is 47.2 Å². The summed E-state index contributed by atoms with van der Waals surface area (Å²) < 4.78 is 0. The van der Waals surface area contributed by atoms with Crippen molar-refractivity contribution in [1.82, 2.24) is 25.1 Å². The fourth-order valence-electron chi connectivity index (χ4n) is 3.12. The number of imidazole rings is 1. The first-order valence-electron chi connectivity index (χ1n) is 8.37. The molecule has 3 rings (SSSR count). The number of aromatic amines is 1. The lowest BCUT2D eigenvalue weighted by molar-refractivity contribution is 0.342. The van der Waals surface area contributed by atoms with Crippen molar-refractivity contribution >= 4 is 5.70 Å². The molecule has 0 aromatic carbocycles. The third kappa shape index (κ3) is 3.42. The van der Waals surface area contributed by atoms with E-state index in [0.29, 0.717) is 0 Å². The molecule has 0 radical (unpaired) electrons. The maximum atomic E-state index is 4.87. The first-order chi connectivity index (χ1) is 10.8. The van der Waals surface area contributed by atoms with Gasteiger partial charge < -0.3 is 20.1 Å². The molecular formula is C17H27N5. The Morgan fingerprint density at radius 3 is 3.05 bits per heavy atom. The summed E-state index contributed by atoms with van der Waals surface area (Å²) in [6.07, 6.45) is 8.76. The van der Waals surface area contributed by atoms with Crippen LogP contribution in [0.5, 0.6) is 0 Å². The molecule has 1 fully saturated rings. The molecule has 1 aromatic rings. The second-order valence-corrected chi connectivity index (χ2v) is 6.12. The number of nitrogens with zero attached hydrogens (tertiary/aromatic N) is 3. The van der Waals surface area contributed by atoms with Crippen molar-refractivity contribution < 1.29 is 0 Å². The Morgan fingerprint density at radius 2 is 2.18 bits per heavy atom. The van der Waals surface area contributed by atoms with Crippen LogP contribution in [0, 0.1) is 0 Å². The number of H-pyrrole nitrogens is 1. The molecule has 1 aliphatic heterocycles. The molecule has 0 atom stereocenters. The zero-order valence-electron chi connectivity index (χ0n) is 13.7. The molecule has 0 amide bonds. The van der Waals surface area contributed by atoms with Crippen molar-refractivity contribution in [3.8, 4) is 0 Å². The van der Waals surface area contributed by atoms with Crippen LogP contribution in [0.2, 0.25) is 0 Å². The zero-order chi connectivity index (χ0) is 15.4. The molecule has 5 nitrogen and oxygen atoms in total. The molecular weight excluding hydrogens is 274 g/mol. The van der Waals surface area contributed by atoms with Gasteiger partial charge >= 0.3 is 0 Å². The summed E-state index contributed by atoms with van der Waals surface area (Å²) in [5.41, 5.74) is 3.66. The van der Waals surface area contributed by atoms with Gasteiger partial charge in [-0.1, -0.05) is 19.1 Å². The Hall–Kier alpha value is -1.59. The summed E-state index contributed by atoms with van der Waals surface area (Å²) >= 11 is 0. The summed E-state index contributed by atoms with van der Waals surface area (Å²) in [5, 5.41) is 3.35. The van der Waals surface area contributed by atoms with E-state index in [-0.39, 0.29) is 0 Å². The zero-order valence-corrected chi connectivity index (χ0v) is 13.7. The van der Waals surface area contributed by atoms with E-state index in [0.717, 1.165) is 50.7 Å². The predicted octanol–water partition coefficient (Wildman–Crippen LogP) is 1.61. The Balaban J connectivity index is 1.84. The predicted molar refractivity (Wildman–Crippen MR) is 90.5 cm³/mol. The van der Waals surface area contributed by atoms with Crippen molar-refractivity contribution in [3.05, 3.63) is 35.4 Å². The number of rotatable bonds is 4. The van der Waals surface area contributed by atoms with E-state index in [9.17, 15) is 0 Å². The molecule has 0 unspecified atom stereocenters. The first kappa shape index (κ1) is 15.3. The van der Waals surface area contributed by atoms with Crippen molar-refractivity contribution in [1.29, 1.82) is 0 Å². The second-order valence-electron chi connectivity index (χ2n) is 6.12. The van der Waals surface area contributed by atoms with Gasteiger partial charge in [-0.25, -0.2) is 4.98 Å². The third-order valence-corrected chi connectivity index (χ3v) is 4.39. The van der Waals surface area contributed by atoms with Gasteiger partial charge in [-0.15, -0.1) is 0 Å². The molecule has 2 heterocycles. The number of hydrogen-bond donors (Lipinski definition) is 2. The third-order valence-electron chi connectivity index (χ3n) is 4.39. The van der Waals surface area contributed by atoms with Gasteiger partial charge in [-0.2, -0.15) is 0 Å². The van der Waals surface area contributed by atoms with Crippen LogP contribution in [-0.4, -0.2) is 59.5 Å². The monoisotopic (exact) mass is 301 g/mol. The van der Waals surface area contributed by atoms with Crippen LogP contribution in [-0.2, 0) is 13.0 Å². The van der Waals surface area contributed by atoms with Gasteiger partial charge in [0.25, 0.3) is 0 Å². The quantitative estimate of drug-likeness (QED) is 0.887. The van der Waals surface area contributed by atoms with Gasteiger partial charge in [0.05, 0.1) is 12.2 Å². The Labute approximate surface area is 133 Å². The number of allylic oxidation sites excluding steroid dienone is 3. The van der Waals surface area contributed by atoms with E-state index in [1.807, 2.05) is 0 Å². The van der Waals surface area contributed by atoms with Gasteiger partial charge in [-0.3, -0.25) is 0 Å². The van der Waals surface area contributed by atoms with Gasteiger partial charge in [0.1, 0.15) is 11.5 Å². The molecule has 0 bridgehead atoms. The van der Waals surface area contributed by atoms with Gasteiger partial charge in [0.2, 0.25) is 0 Å². The molecule has 2 N–H and O–H groups in total. The molecule has 2 aliphatic rings. The molecule has 1 aliphatic carbocycles. The van der Waals surface area contributed by atoms with E-state index in [1.165, 1.54) is 24.4 Å². The highest BCUT2D eigenvalue weighted by atomic mass is 15.2. The first-order valence-corrected chi connectivity index (χ1v) is 8.37. The minimum atomic E-state index is 0.809. The van der Waals surface area contributed by atoms with Crippen LogP contribution in [0.15, 0.2) is 18.2 Å². The van der Waals surface area contributed by atoms with Crippen molar-refractivity contribution in [3.63, 3.8) is 0 Å². The minimum Gasteiger partial charge on any atom is -0.368 e. The Kier molecular flexibility index (Phi) is 4.95. The van der Waals surface area contributed by atoms with E-state index in [4.69, 9.17) is 4.98 Å². The Morgan fingerprint density at radius 1 is 1.27 bits per heavy atom. The van der Waals surface area contributed by atoms with Gasteiger partial charge in [0, 0.05) is 31.7 Å². The van der Waals surface area contributed by atoms with E-state index >= 15 is 0 Å². The highest BCUT2D eigenvalue weighted by Crippen LogP contribution is 2.25. The smallest absolute Gasteiger partial charge is 0.121 e. The molecule has 22 heavy (non-hydrogen) atoms. The van der Waals surface area contributed by atoms with Gasteiger partial charge in [-0.05, 0) is 32.6 Å². The fourth-order valence-corrected chi connectivity index (χ4v) is 3.12. The molecule has 120 valence electrons. The molecule has 0 saturated carbocycles. The largest absolute Gasteiger partial charge is 0.368 e. The van der Waals surface area contributed by atoms with Crippen LogP contribution in [0.1, 0.15) is 30.6 Å². The number of aromatic nitrogens is 2. The number of fused-ring (bicyclic) bond motifs is 1. The summed E-state index contributed by atoms with van der Waals surface area (Å²) in [7, 11) is 2.21. The van der Waals surface area contributed by atoms with Crippen LogP contribution in [0.3, 0.4) is 0 Å². The molecule has 0 spiro atoms. The highest BCUT2D eigenvalue weighted by Gasteiger charge is 2.21. The van der Waals surface area contributed by atoms with Crippen molar-refractivity contribution in [2.24, 2.45) is 0 Å². The maximum absolute atomic E-state index is 4.87. The van der Waals surface area contributed by atoms with Crippen LogP contribution < -0.4 is 5.32 Å². The summed E-state index contributed by atoms with van der Waals surface area (Å²) in [6, 6.07) is 0. The van der Waals surface area contributed by atoms with Gasteiger partial charge in [0.15, 0.2) is 0 Å². The normalized spacial score (nSPS) is 19.5. The number of likely N-dealkylation sites (N-methyl/N-ethyl adjacent to an activating group) is 1. The summed E-state index contributed by atoms with van der Waals surface area (Å²) in [4.78, 5) is 13.3. The lowest BCUT2D eigenvalue weighted by atomic mass is 10.2. The minimum absolute atomic E-state index is 0.809. The lowest BCUT2D eigenvalue weighted by Crippen LogP contribution is -2.28. The molecule has 1 aromatic heterocycles. The standard InChI is InChI=1S/C17H27N5/c1-3-18-13-16-19-14-7-4-5-8-15(17(14)20-16)22-10-6-9-21(2)11-12-22/h4-5,8,18H,3,6-7,9-13H2,1-2H3,(H,19,20). The highest BCUT2D eigenvalue weighted by molar-refractivity contribution is 5.66. The fraction of sp³-hybridized carbons (Fsp3) is 0.588.